The summed E-state index contributed by atoms with van der Waals surface area (Å²) in [5.74, 6) is 0. The molecule has 2 heterocycles. The standard InChI is InChI=1S/C15H17NS.C7H8O3S/c1-2-11-3-4-13-10-15(17-14(13)9-11)12-5-7-16-8-6-12;1-6-2-4-7(5-3-6)11(8,9)10/h3-5,9-10,16H,2,6-8H2,1H3;2-5H,1H3,(H,8,9,10). The van der Waals surface area contributed by atoms with Crippen LogP contribution >= 0.6 is 11.3 Å². The summed E-state index contributed by atoms with van der Waals surface area (Å²) in [4.78, 5) is 1.39. The van der Waals surface area contributed by atoms with Gasteiger partial charge in [0.1, 0.15) is 0 Å². The Labute approximate surface area is 170 Å². The van der Waals surface area contributed by atoms with Crippen LogP contribution in [0.25, 0.3) is 15.7 Å². The molecule has 0 aliphatic carbocycles. The molecule has 2 N–H and O–H groups in total. The van der Waals surface area contributed by atoms with Gasteiger partial charge in [-0.15, -0.1) is 11.3 Å². The van der Waals surface area contributed by atoms with E-state index in [1.807, 2.05) is 18.3 Å². The second kappa shape index (κ2) is 9.01. The largest absolute Gasteiger partial charge is 0.313 e. The van der Waals surface area contributed by atoms with Crippen LogP contribution in [0.4, 0.5) is 0 Å². The Kier molecular flexibility index (Phi) is 6.67. The maximum absolute atomic E-state index is 10.5. The quantitative estimate of drug-likeness (QED) is 0.585. The third kappa shape index (κ3) is 5.29. The molecule has 0 fully saturated rings. The van der Waals surface area contributed by atoms with Crippen molar-refractivity contribution in [3.8, 4) is 0 Å². The number of nitrogens with one attached hydrogen (secondary N) is 1. The van der Waals surface area contributed by atoms with Gasteiger partial charge in [-0.05, 0) is 67.1 Å². The van der Waals surface area contributed by atoms with Crippen LogP contribution in [0, 0.1) is 6.92 Å². The van der Waals surface area contributed by atoms with E-state index >= 15 is 0 Å². The monoisotopic (exact) mass is 415 g/mol. The molecule has 4 rings (SSSR count). The third-order valence-electron chi connectivity index (χ3n) is 4.69. The van der Waals surface area contributed by atoms with Crippen molar-refractivity contribution >= 4 is 37.1 Å². The zero-order chi connectivity index (χ0) is 20.1. The van der Waals surface area contributed by atoms with E-state index in [1.54, 1.807) is 12.1 Å². The minimum atomic E-state index is -4.02. The van der Waals surface area contributed by atoms with Gasteiger partial charge in [0, 0.05) is 16.1 Å². The fourth-order valence-electron chi connectivity index (χ4n) is 3.01. The van der Waals surface area contributed by atoms with Crippen molar-refractivity contribution in [2.75, 3.05) is 13.1 Å². The van der Waals surface area contributed by atoms with E-state index in [-0.39, 0.29) is 4.90 Å². The van der Waals surface area contributed by atoms with Crippen LogP contribution in [-0.2, 0) is 16.5 Å². The van der Waals surface area contributed by atoms with Gasteiger partial charge in [0.25, 0.3) is 10.1 Å². The lowest BCUT2D eigenvalue weighted by atomic mass is 10.1. The highest BCUT2D eigenvalue weighted by atomic mass is 32.2. The Bertz CT molecular complexity index is 1080. The molecule has 0 saturated heterocycles. The van der Waals surface area contributed by atoms with E-state index < -0.39 is 10.1 Å². The second-order valence-corrected chi connectivity index (χ2v) is 9.31. The van der Waals surface area contributed by atoms with E-state index in [9.17, 15) is 8.42 Å². The van der Waals surface area contributed by atoms with Crippen LogP contribution in [0.1, 0.15) is 29.3 Å². The summed E-state index contributed by atoms with van der Waals surface area (Å²) in [7, 11) is -4.02. The molecule has 0 saturated carbocycles. The van der Waals surface area contributed by atoms with Gasteiger partial charge in [-0.3, -0.25) is 4.55 Å². The molecular weight excluding hydrogens is 390 g/mol. The van der Waals surface area contributed by atoms with E-state index in [2.05, 4.69) is 42.6 Å². The van der Waals surface area contributed by atoms with Crippen molar-refractivity contribution in [2.45, 2.75) is 31.6 Å². The first-order chi connectivity index (χ1) is 13.4. The van der Waals surface area contributed by atoms with Crippen LogP contribution in [0.3, 0.4) is 0 Å². The molecule has 148 valence electrons. The highest BCUT2D eigenvalue weighted by molar-refractivity contribution is 7.85. The summed E-state index contributed by atoms with van der Waals surface area (Å²) in [6.07, 6.45) is 4.61. The van der Waals surface area contributed by atoms with Crippen LogP contribution in [0.15, 0.2) is 59.5 Å². The Morgan fingerprint density at radius 3 is 2.46 bits per heavy atom. The molecule has 4 nitrogen and oxygen atoms in total. The van der Waals surface area contributed by atoms with Gasteiger partial charge in [-0.1, -0.05) is 42.8 Å². The molecule has 28 heavy (non-hydrogen) atoms. The van der Waals surface area contributed by atoms with Crippen molar-refractivity contribution in [2.24, 2.45) is 0 Å². The average Bonchev–Trinajstić information content (AvgIpc) is 3.12. The predicted molar refractivity (Wildman–Crippen MR) is 118 cm³/mol. The first kappa shape index (κ1) is 20.7. The number of thiophene rings is 1. The Morgan fingerprint density at radius 2 is 1.86 bits per heavy atom. The number of fused-ring (bicyclic) bond motifs is 1. The third-order valence-corrected chi connectivity index (χ3v) is 6.73. The summed E-state index contributed by atoms with van der Waals surface area (Å²) in [5.41, 5.74) is 3.91. The molecule has 3 aromatic rings. The molecule has 2 aromatic carbocycles. The van der Waals surface area contributed by atoms with Gasteiger partial charge in [0.05, 0.1) is 4.90 Å². The highest BCUT2D eigenvalue weighted by Gasteiger charge is 2.09. The summed E-state index contributed by atoms with van der Waals surface area (Å²) < 4.78 is 31.0. The van der Waals surface area contributed by atoms with Gasteiger partial charge in [0.2, 0.25) is 0 Å². The molecule has 1 aromatic heterocycles. The molecule has 6 heteroatoms. The summed E-state index contributed by atoms with van der Waals surface area (Å²) in [6, 6.07) is 15.2. The van der Waals surface area contributed by atoms with Gasteiger partial charge in [-0.2, -0.15) is 8.42 Å². The highest BCUT2D eigenvalue weighted by Crippen LogP contribution is 2.33. The summed E-state index contributed by atoms with van der Waals surface area (Å²) in [5, 5.41) is 4.76. The van der Waals surface area contributed by atoms with E-state index in [4.69, 9.17) is 4.55 Å². The molecule has 0 spiro atoms. The molecular formula is C22H25NO3S2. The number of rotatable bonds is 3. The van der Waals surface area contributed by atoms with Crippen LogP contribution in [0.5, 0.6) is 0 Å². The SMILES string of the molecule is CCc1ccc2cc(C3=CCNCC3)sc2c1.Cc1ccc(S(=O)(=O)O)cc1. The van der Waals surface area contributed by atoms with Crippen LogP contribution in [-0.4, -0.2) is 26.1 Å². The molecule has 0 bridgehead atoms. The lowest BCUT2D eigenvalue weighted by molar-refractivity contribution is 0.483. The topological polar surface area (TPSA) is 66.4 Å². The first-order valence-electron chi connectivity index (χ1n) is 9.33. The second-order valence-electron chi connectivity index (χ2n) is 6.81. The Morgan fingerprint density at radius 1 is 1.11 bits per heavy atom. The van der Waals surface area contributed by atoms with E-state index in [0.29, 0.717) is 0 Å². The zero-order valence-electron chi connectivity index (χ0n) is 16.1. The van der Waals surface area contributed by atoms with Crippen molar-refractivity contribution in [1.29, 1.82) is 0 Å². The van der Waals surface area contributed by atoms with Gasteiger partial charge >= 0.3 is 0 Å². The molecule has 1 aliphatic rings. The average molecular weight is 416 g/mol. The van der Waals surface area contributed by atoms with Gasteiger partial charge in [0.15, 0.2) is 0 Å². The van der Waals surface area contributed by atoms with Gasteiger partial charge < -0.3 is 5.32 Å². The molecule has 0 unspecified atom stereocenters. The summed E-state index contributed by atoms with van der Waals surface area (Å²) >= 11 is 1.94. The van der Waals surface area contributed by atoms with Crippen molar-refractivity contribution < 1.29 is 13.0 Å². The minimum absolute atomic E-state index is 0.0666. The minimum Gasteiger partial charge on any atom is -0.313 e. The van der Waals surface area contributed by atoms with Crippen LogP contribution in [0.2, 0.25) is 0 Å². The Hall–Kier alpha value is -1.99. The maximum Gasteiger partial charge on any atom is 0.294 e. The lowest BCUT2D eigenvalue weighted by Gasteiger charge is -2.11. The first-order valence-corrected chi connectivity index (χ1v) is 11.6. The zero-order valence-corrected chi connectivity index (χ0v) is 17.7. The lowest BCUT2D eigenvalue weighted by Crippen LogP contribution is -2.19. The smallest absolute Gasteiger partial charge is 0.294 e. The molecule has 1 aliphatic heterocycles. The van der Waals surface area contributed by atoms with E-state index in [0.717, 1.165) is 31.5 Å². The predicted octanol–water partition coefficient (Wildman–Crippen LogP) is 5.08. The fraction of sp³-hybridized carbons (Fsp3) is 0.273. The Balaban J connectivity index is 0.000000178. The number of aryl methyl sites for hydroxylation is 2. The van der Waals surface area contributed by atoms with Crippen molar-refractivity contribution in [1.82, 2.24) is 5.32 Å². The number of hydrogen-bond acceptors (Lipinski definition) is 4. The van der Waals surface area contributed by atoms with Crippen molar-refractivity contribution in [3.63, 3.8) is 0 Å². The van der Waals surface area contributed by atoms with Crippen LogP contribution < -0.4 is 5.32 Å². The molecule has 0 amide bonds. The molecule has 0 atom stereocenters. The van der Waals surface area contributed by atoms with E-state index in [1.165, 1.54) is 38.2 Å². The van der Waals surface area contributed by atoms with Gasteiger partial charge in [-0.25, -0.2) is 0 Å². The van der Waals surface area contributed by atoms with Crippen molar-refractivity contribution in [3.05, 3.63) is 70.6 Å². The maximum atomic E-state index is 10.5. The number of benzene rings is 2. The molecule has 0 radical (unpaired) electrons. The summed E-state index contributed by atoms with van der Waals surface area (Å²) in [6.45, 7) is 6.18. The normalized spacial score (nSPS) is 14.3. The number of hydrogen-bond donors (Lipinski definition) is 2. The fourth-order valence-corrected chi connectivity index (χ4v) is 4.68.